The molecule has 0 bridgehead atoms. The Labute approximate surface area is 90.9 Å². The number of oxazole rings is 1. The third-order valence-corrected chi connectivity index (χ3v) is 2.09. The molecule has 82 valence electrons. The van der Waals surface area contributed by atoms with Crippen LogP contribution in [0.15, 0.2) is 34.9 Å². The molecule has 2 N–H and O–H groups in total. The summed E-state index contributed by atoms with van der Waals surface area (Å²) in [6.45, 7) is 0.167. The summed E-state index contributed by atoms with van der Waals surface area (Å²) in [7, 11) is 0. The molecule has 0 atom stereocenters. The standard InChI is InChI=1S/C10H9N3O3/c11-5-10-12-6-9(16-10)7-3-1-2-4-8(7)13(14)15/h1-4,6H,5,11H2. The van der Waals surface area contributed by atoms with E-state index in [0.717, 1.165) is 0 Å². The molecule has 0 saturated carbocycles. The van der Waals surface area contributed by atoms with Crippen molar-refractivity contribution in [1.82, 2.24) is 4.98 Å². The van der Waals surface area contributed by atoms with Gasteiger partial charge in [0, 0.05) is 6.07 Å². The number of para-hydroxylation sites is 1. The van der Waals surface area contributed by atoms with Crippen molar-refractivity contribution < 1.29 is 9.34 Å². The Bertz CT molecular complexity index is 522. The zero-order valence-electron chi connectivity index (χ0n) is 8.29. The highest BCUT2D eigenvalue weighted by Gasteiger charge is 2.17. The van der Waals surface area contributed by atoms with Gasteiger partial charge in [-0.25, -0.2) is 4.98 Å². The summed E-state index contributed by atoms with van der Waals surface area (Å²) in [4.78, 5) is 14.2. The molecule has 16 heavy (non-hydrogen) atoms. The molecule has 1 aromatic carbocycles. The van der Waals surface area contributed by atoms with Gasteiger partial charge >= 0.3 is 0 Å². The Hall–Kier alpha value is -2.21. The zero-order valence-corrected chi connectivity index (χ0v) is 8.29. The van der Waals surface area contributed by atoms with Crippen molar-refractivity contribution >= 4 is 5.69 Å². The largest absolute Gasteiger partial charge is 0.439 e. The molecule has 0 spiro atoms. The Morgan fingerprint density at radius 1 is 1.44 bits per heavy atom. The van der Waals surface area contributed by atoms with E-state index in [2.05, 4.69) is 4.98 Å². The number of hydrogen-bond donors (Lipinski definition) is 1. The highest BCUT2D eigenvalue weighted by Crippen LogP contribution is 2.29. The quantitative estimate of drug-likeness (QED) is 0.626. The summed E-state index contributed by atoms with van der Waals surface area (Å²) in [6.07, 6.45) is 1.44. The van der Waals surface area contributed by atoms with Gasteiger partial charge < -0.3 is 10.2 Å². The lowest BCUT2D eigenvalue weighted by Gasteiger charge is -1.97. The van der Waals surface area contributed by atoms with Gasteiger partial charge in [0.15, 0.2) is 5.76 Å². The first kappa shape index (κ1) is 10.3. The Kier molecular flexibility index (Phi) is 2.65. The van der Waals surface area contributed by atoms with Gasteiger partial charge in [0.2, 0.25) is 5.89 Å². The van der Waals surface area contributed by atoms with Gasteiger partial charge in [-0.15, -0.1) is 0 Å². The van der Waals surface area contributed by atoms with Crippen molar-refractivity contribution in [2.24, 2.45) is 5.73 Å². The number of nitro groups is 1. The smallest absolute Gasteiger partial charge is 0.280 e. The van der Waals surface area contributed by atoms with Gasteiger partial charge in [0.1, 0.15) is 0 Å². The summed E-state index contributed by atoms with van der Waals surface area (Å²) >= 11 is 0. The number of nitrogens with zero attached hydrogens (tertiary/aromatic N) is 2. The molecule has 0 radical (unpaired) electrons. The van der Waals surface area contributed by atoms with Crippen molar-refractivity contribution in [2.75, 3.05) is 0 Å². The molecule has 0 saturated heterocycles. The van der Waals surface area contributed by atoms with Crippen LogP contribution in [-0.4, -0.2) is 9.91 Å². The first-order chi connectivity index (χ1) is 7.72. The van der Waals surface area contributed by atoms with Gasteiger partial charge in [-0.05, 0) is 6.07 Å². The van der Waals surface area contributed by atoms with Crippen molar-refractivity contribution in [2.45, 2.75) is 6.54 Å². The summed E-state index contributed by atoms with van der Waals surface area (Å²) in [6, 6.07) is 6.33. The molecule has 6 nitrogen and oxygen atoms in total. The van der Waals surface area contributed by atoms with E-state index in [1.54, 1.807) is 18.2 Å². The molecule has 0 amide bonds. The van der Waals surface area contributed by atoms with Gasteiger partial charge in [-0.3, -0.25) is 10.1 Å². The minimum atomic E-state index is -0.458. The molecular formula is C10H9N3O3. The fourth-order valence-corrected chi connectivity index (χ4v) is 1.37. The zero-order chi connectivity index (χ0) is 11.5. The number of hydrogen-bond acceptors (Lipinski definition) is 5. The molecule has 0 aliphatic rings. The molecular weight excluding hydrogens is 210 g/mol. The fourth-order valence-electron chi connectivity index (χ4n) is 1.37. The van der Waals surface area contributed by atoms with Crippen LogP contribution in [0.1, 0.15) is 5.89 Å². The van der Waals surface area contributed by atoms with Crippen LogP contribution in [0.4, 0.5) is 5.69 Å². The highest BCUT2D eigenvalue weighted by molar-refractivity contribution is 5.68. The van der Waals surface area contributed by atoms with Crippen LogP contribution in [-0.2, 0) is 6.54 Å². The SMILES string of the molecule is NCc1ncc(-c2ccccc2[N+](=O)[O-])o1. The third kappa shape index (κ3) is 1.78. The number of benzene rings is 1. The van der Waals surface area contributed by atoms with Crippen LogP contribution in [0.5, 0.6) is 0 Å². The van der Waals surface area contributed by atoms with Gasteiger partial charge in [0.05, 0.1) is 23.2 Å². The summed E-state index contributed by atoms with van der Waals surface area (Å²) in [5, 5.41) is 10.8. The maximum Gasteiger partial charge on any atom is 0.280 e. The van der Waals surface area contributed by atoms with Crippen molar-refractivity contribution in [3.05, 3.63) is 46.5 Å². The molecule has 2 rings (SSSR count). The van der Waals surface area contributed by atoms with Crippen LogP contribution in [0.25, 0.3) is 11.3 Å². The van der Waals surface area contributed by atoms with E-state index in [1.807, 2.05) is 0 Å². The fraction of sp³-hybridized carbons (Fsp3) is 0.100. The second-order valence-corrected chi connectivity index (χ2v) is 3.10. The predicted octanol–water partition coefficient (Wildman–Crippen LogP) is 1.71. The molecule has 1 aromatic heterocycles. The Morgan fingerprint density at radius 2 is 2.19 bits per heavy atom. The van der Waals surface area contributed by atoms with Gasteiger partial charge in [-0.1, -0.05) is 12.1 Å². The van der Waals surface area contributed by atoms with Crippen LogP contribution >= 0.6 is 0 Å². The number of nitrogens with two attached hydrogens (primary N) is 1. The topological polar surface area (TPSA) is 95.2 Å². The molecule has 6 heteroatoms. The molecule has 0 fully saturated rings. The second kappa shape index (κ2) is 4.11. The Balaban J connectivity index is 2.50. The second-order valence-electron chi connectivity index (χ2n) is 3.10. The van der Waals surface area contributed by atoms with E-state index >= 15 is 0 Å². The van der Waals surface area contributed by atoms with Crippen molar-refractivity contribution in [1.29, 1.82) is 0 Å². The number of rotatable bonds is 3. The van der Waals surface area contributed by atoms with Crippen LogP contribution in [0.3, 0.4) is 0 Å². The summed E-state index contributed by atoms with van der Waals surface area (Å²) in [5.41, 5.74) is 5.74. The first-order valence-corrected chi connectivity index (χ1v) is 4.61. The van der Waals surface area contributed by atoms with Crippen molar-refractivity contribution in [3.8, 4) is 11.3 Å². The van der Waals surface area contributed by atoms with E-state index in [0.29, 0.717) is 17.2 Å². The normalized spacial score (nSPS) is 10.3. The average Bonchev–Trinajstić information content (AvgIpc) is 2.77. The minimum Gasteiger partial charge on any atom is -0.439 e. The van der Waals surface area contributed by atoms with Gasteiger partial charge in [0.25, 0.3) is 5.69 Å². The maximum atomic E-state index is 10.8. The monoisotopic (exact) mass is 219 g/mol. The van der Waals surface area contributed by atoms with E-state index in [4.69, 9.17) is 10.2 Å². The Morgan fingerprint density at radius 3 is 2.81 bits per heavy atom. The molecule has 1 heterocycles. The van der Waals surface area contributed by atoms with Crippen LogP contribution in [0.2, 0.25) is 0 Å². The third-order valence-electron chi connectivity index (χ3n) is 2.09. The summed E-state index contributed by atoms with van der Waals surface area (Å²) in [5.74, 6) is 0.709. The van der Waals surface area contributed by atoms with Gasteiger partial charge in [-0.2, -0.15) is 0 Å². The highest BCUT2D eigenvalue weighted by atomic mass is 16.6. The van der Waals surface area contributed by atoms with E-state index < -0.39 is 4.92 Å². The first-order valence-electron chi connectivity index (χ1n) is 4.61. The maximum absolute atomic E-state index is 10.8. The minimum absolute atomic E-state index is 0.0118. The molecule has 2 aromatic rings. The lowest BCUT2D eigenvalue weighted by molar-refractivity contribution is -0.384. The summed E-state index contributed by atoms with van der Waals surface area (Å²) < 4.78 is 5.27. The van der Waals surface area contributed by atoms with Crippen LogP contribution in [0, 0.1) is 10.1 Å². The number of aromatic nitrogens is 1. The molecule has 0 unspecified atom stereocenters. The van der Waals surface area contributed by atoms with Crippen LogP contribution < -0.4 is 5.73 Å². The average molecular weight is 219 g/mol. The van der Waals surface area contributed by atoms with Crippen molar-refractivity contribution in [3.63, 3.8) is 0 Å². The lowest BCUT2D eigenvalue weighted by Crippen LogP contribution is -1.95. The molecule has 0 aliphatic heterocycles. The van der Waals surface area contributed by atoms with E-state index in [-0.39, 0.29) is 12.2 Å². The van der Waals surface area contributed by atoms with E-state index in [1.165, 1.54) is 12.3 Å². The lowest BCUT2D eigenvalue weighted by atomic mass is 10.1. The van der Waals surface area contributed by atoms with E-state index in [9.17, 15) is 10.1 Å². The molecule has 0 aliphatic carbocycles. The predicted molar refractivity (Wildman–Crippen MR) is 56.5 cm³/mol. The number of nitro benzene ring substituents is 1.